The van der Waals surface area contributed by atoms with Crippen molar-refractivity contribution in [3.63, 3.8) is 0 Å². The lowest BCUT2D eigenvalue weighted by atomic mass is 10.1. The van der Waals surface area contributed by atoms with Gasteiger partial charge in [0.05, 0.1) is 12.0 Å². The molecule has 0 spiro atoms. The van der Waals surface area contributed by atoms with Gasteiger partial charge in [0.15, 0.2) is 0 Å². The molecule has 114 valence electrons. The van der Waals surface area contributed by atoms with Crippen molar-refractivity contribution in [1.82, 2.24) is 9.80 Å². The Bertz CT molecular complexity index is 557. The van der Waals surface area contributed by atoms with E-state index in [1.165, 1.54) is 0 Å². The van der Waals surface area contributed by atoms with E-state index in [0.29, 0.717) is 13.0 Å². The summed E-state index contributed by atoms with van der Waals surface area (Å²) in [5, 5.41) is 0. The Kier molecular flexibility index (Phi) is 3.97. The van der Waals surface area contributed by atoms with Gasteiger partial charge in [0.1, 0.15) is 11.5 Å². The third-order valence-corrected chi connectivity index (χ3v) is 5.21. The predicted octanol–water partition coefficient (Wildman–Crippen LogP) is 1.68. The number of likely N-dealkylation sites (tertiary alicyclic amines) is 1. The predicted molar refractivity (Wildman–Crippen MR) is 81.0 cm³/mol. The zero-order chi connectivity index (χ0) is 15.0. The van der Waals surface area contributed by atoms with Crippen molar-refractivity contribution in [3.05, 3.63) is 23.7 Å². The number of carbonyl (C=O) groups excluding carboxylic acids is 2. The van der Waals surface area contributed by atoms with Gasteiger partial charge in [0.25, 0.3) is 0 Å². The standard InChI is InChI=1S/C15H20N2O3S/c1-10-3-4-13(20-10)12-9-21-6-5-17(12)15(19)11-7-14(18)16(2)8-11/h3-4,11-12H,5-9H2,1-2H3/t11-,12+/m1/s1. The Hall–Kier alpha value is -1.43. The molecule has 0 saturated carbocycles. The Balaban J connectivity index is 1.78. The van der Waals surface area contributed by atoms with Gasteiger partial charge in [0.2, 0.25) is 11.8 Å². The van der Waals surface area contributed by atoms with Crippen LogP contribution in [-0.2, 0) is 9.59 Å². The molecule has 2 atom stereocenters. The summed E-state index contributed by atoms with van der Waals surface area (Å²) in [5.41, 5.74) is 0. The van der Waals surface area contributed by atoms with Crippen LogP contribution in [0, 0.1) is 12.8 Å². The fourth-order valence-electron chi connectivity index (χ4n) is 3.00. The zero-order valence-electron chi connectivity index (χ0n) is 12.4. The van der Waals surface area contributed by atoms with Gasteiger partial charge in [-0.2, -0.15) is 11.8 Å². The number of nitrogens with zero attached hydrogens (tertiary/aromatic N) is 2. The molecule has 2 fully saturated rings. The van der Waals surface area contributed by atoms with E-state index in [9.17, 15) is 9.59 Å². The molecule has 0 aromatic carbocycles. The highest BCUT2D eigenvalue weighted by Crippen LogP contribution is 2.33. The molecule has 0 unspecified atom stereocenters. The lowest BCUT2D eigenvalue weighted by molar-refractivity contribution is -0.138. The maximum Gasteiger partial charge on any atom is 0.228 e. The second kappa shape index (κ2) is 5.75. The van der Waals surface area contributed by atoms with E-state index in [0.717, 1.165) is 29.6 Å². The number of carbonyl (C=O) groups is 2. The summed E-state index contributed by atoms with van der Waals surface area (Å²) in [7, 11) is 1.76. The van der Waals surface area contributed by atoms with Crippen LogP contribution in [-0.4, -0.2) is 53.3 Å². The molecule has 2 amide bonds. The Morgan fingerprint density at radius 1 is 1.43 bits per heavy atom. The topological polar surface area (TPSA) is 53.8 Å². The van der Waals surface area contributed by atoms with Crippen molar-refractivity contribution >= 4 is 23.6 Å². The van der Waals surface area contributed by atoms with E-state index in [1.54, 1.807) is 11.9 Å². The molecular formula is C15H20N2O3S. The number of hydrogen-bond donors (Lipinski definition) is 0. The highest BCUT2D eigenvalue weighted by atomic mass is 32.2. The average molecular weight is 308 g/mol. The lowest BCUT2D eigenvalue weighted by Crippen LogP contribution is -2.44. The minimum Gasteiger partial charge on any atom is -0.464 e. The Morgan fingerprint density at radius 2 is 2.24 bits per heavy atom. The summed E-state index contributed by atoms with van der Waals surface area (Å²) in [6.45, 7) is 3.17. The van der Waals surface area contributed by atoms with E-state index in [2.05, 4.69) is 0 Å². The van der Waals surface area contributed by atoms with Crippen LogP contribution in [0.2, 0.25) is 0 Å². The van der Waals surface area contributed by atoms with Crippen molar-refractivity contribution in [3.8, 4) is 0 Å². The van der Waals surface area contributed by atoms with Crippen molar-refractivity contribution in [2.45, 2.75) is 19.4 Å². The molecule has 1 aromatic heterocycles. The third-order valence-electron chi connectivity index (χ3n) is 4.19. The molecule has 0 bridgehead atoms. The maximum absolute atomic E-state index is 12.8. The SMILES string of the molecule is Cc1ccc([C@@H]2CSCCN2C(=O)[C@@H]2CC(=O)N(C)C2)o1. The van der Waals surface area contributed by atoms with Crippen LogP contribution < -0.4 is 0 Å². The monoisotopic (exact) mass is 308 g/mol. The second-order valence-corrected chi connectivity index (χ2v) is 6.90. The van der Waals surface area contributed by atoms with Crippen molar-refractivity contribution in [2.24, 2.45) is 5.92 Å². The average Bonchev–Trinajstić information content (AvgIpc) is 3.05. The van der Waals surface area contributed by atoms with Gasteiger partial charge >= 0.3 is 0 Å². The Morgan fingerprint density at radius 3 is 2.86 bits per heavy atom. The second-order valence-electron chi connectivity index (χ2n) is 5.75. The number of amides is 2. The van der Waals surface area contributed by atoms with E-state index in [4.69, 9.17) is 4.42 Å². The third kappa shape index (κ3) is 2.81. The van der Waals surface area contributed by atoms with Crippen LogP contribution in [0.4, 0.5) is 0 Å². The van der Waals surface area contributed by atoms with Crippen LogP contribution in [0.15, 0.2) is 16.5 Å². The number of aryl methyl sites for hydroxylation is 1. The first-order valence-electron chi connectivity index (χ1n) is 7.25. The van der Waals surface area contributed by atoms with Crippen molar-refractivity contribution in [1.29, 1.82) is 0 Å². The summed E-state index contributed by atoms with van der Waals surface area (Å²) in [4.78, 5) is 28.0. The molecule has 3 heterocycles. The van der Waals surface area contributed by atoms with Gasteiger partial charge in [-0.15, -0.1) is 0 Å². The first kappa shape index (κ1) is 14.5. The molecule has 0 N–H and O–H groups in total. The van der Waals surface area contributed by atoms with Gasteiger partial charge in [-0.3, -0.25) is 9.59 Å². The van der Waals surface area contributed by atoms with Crippen LogP contribution in [0.5, 0.6) is 0 Å². The molecular weight excluding hydrogens is 288 g/mol. The molecule has 6 heteroatoms. The first-order valence-corrected chi connectivity index (χ1v) is 8.40. The van der Waals surface area contributed by atoms with Crippen LogP contribution in [0.1, 0.15) is 24.0 Å². The number of thioether (sulfide) groups is 1. The van der Waals surface area contributed by atoms with Crippen molar-refractivity contribution < 1.29 is 14.0 Å². The quantitative estimate of drug-likeness (QED) is 0.834. The molecule has 0 aliphatic carbocycles. The van der Waals surface area contributed by atoms with Crippen LogP contribution in [0.25, 0.3) is 0 Å². The maximum atomic E-state index is 12.8. The molecule has 2 aliphatic rings. The Labute approximate surface area is 128 Å². The highest BCUT2D eigenvalue weighted by Gasteiger charge is 2.39. The van der Waals surface area contributed by atoms with Crippen LogP contribution in [0.3, 0.4) is 0 Å². The smallest absolute Gasteiger partial charge is 0.228 e. The largest absolute Gasteiger partial charge is 0.464 e. The fraction of sp³-hybridized carbons (Fsp3) is 0.600. The molecule has 5 nitrogen and oxygen atoms in total. The first-order chi connectivity index (χ1) is 10.1. The highest BCUT2D eigenvalue weighted by molar-refractivity contribution is 7.99. The van der Waals surface area contributed by atoms with Gasteiger partial charge in [0, 0.05) is 38.1 Å². The van der Waals surface area contributed by atoms with E-state index in [1.807, 2.05) is 35.7 Å². The minimum atomic E-state index is -0.204. The normalized spacial score (nSPS) is 26.5. The van der Waals surface area contributed by atoms with Gasteiger partial charge in [-0.05, 0) is 19.1 Å². The molecule has 1 aromatic rings. The lowest BCUT2D eigenvalue weighted by Gasteiger charge is -2.35. The van der Waals surface area contributed by atoms with Gasteiger partial charge in [-0.1, -0.05) is 0 Å². The van der Waals surface area contributed by atoms with Gasteiger partial charge < -0.3 is 14.2 Å². The number of rotatable bonds is 2. The minimum absolute atomic E-state index is 0.00837. The summed E-state index contributed by atoms with van der Waals surface area (Å²) in [5.74, 6) is 3.46. The van der Waals surface area contributed by atoms with Crippen LogP contribution >= 0.6 is 11.8 Å². The van der Waals surface area contributed by atoms with Gasteiger partial charge in [-0.25, -0.2) is 0 Å². The fourth-order valence-corrected chi connectivity index (χ4v) is 4.06. The van der Waals surface area contributed by atoms with E-state index < -0.39 is 0 Å². The molecule has 2 aliphatic heterocycles. The summed E-state index contributed by atoms with van der Waals surface area (Å²) in [6.07, 6.45) is 0.336. The summed E-state index contributed by atoms with van der Waals surface area (Å²) in [6, 6.07) is 3.88. The van der Waals surface area contributed by atoms with E-state index in [-0.39, 0.29) is 23.8 Å². The molecule has 3 rings (SSSR count). The zero-order valence-corrected chi connectivity index (χ0v) is 13.2. The number of hydrogen-bond acceptors (Lipinski definition) is 4. The summed E-state index contributed by atoms with van der Waals surface area (Å²) >= 11 is 1.84. The summed E-state index contributed by atoms with van der Waals surface area (Å²) < 4.78 is 5.72. The molecule has 2 saturated heterocycles. The van der Waals surface area contributed by atoms with Crippen molar-refractivity contribution in [2.75, 3.05) is 31.6 Å². The van der Waals surface area contributed by atoms with E-state index >= 15 is 0 Å². The molecule has 0 radical (unpaired) electrons. The molecule has 21 heavy (non-hydrogen) atoms. The number of furan rings is 1.